The van der Waals surface area contributed by atoms with Gasteiger partial charge >= 0.3 is 5.69 Å². The molecule has 29 heavy (non-hydrogen) atoms. The predicted octanol–water partition coefficient (Wildman–Crippen LogP) is 4.36. The average Bonchev–Trinajstić information content (AvgIpc) is 3.10. The molecule has 0 fully saturated rings. The Kier molecular flexibility index (Phi) is 6.25. The minimum absolute atomic E-state index is 0.0927. The minimum Gasteiger partial charge on any atom is -0.307 e. The summed E-state index contributed by atoms with van der Waals surface area (Å²) >= 11 is 15.3. The Morgan fingerprint density at radius 1 is 1.28 bits per heavy atom. The number of hydrogen-bond donors (Lipinski definition) is 1. The van der Waals surface area contributed by atoms with Crippen molar-refractivity contribution in [1.82, 2.24) is 19.6 Å². The topological polar surface area (TPSA) is 108 Å². The van der Waals surface area contributed by atoms with E-state index in [0.29, 0.717) is 32.6 Å². The van der Waals surface area contributed by atoms with E-state index in [1.807, 2.05) is 6.07 Å². The molecule has 0 spiro atoms. The predicted molar refractivity (Wildman–Crippen MR) is 112 cm³/mol. The Morgan fingerprint density at radius 2 is 2.00 bits per heavy atom. The molecule has 0 saturated heterocycles. The second kappa shape index (κ2) is 8.52. The summed E-state index contributed by atoms with van der Waals surface area (Å²) in [6, 6.07) is 5.28. The molecule has 12 heteroatoms. The van der Waals surface area contributed by atoms with Crippen molar-refractivity contribution in [1.29, 1.82) is 0 Å². The van der Waals surface area contributed by atoms with Crippen LogP contribution in [-0.2, 0) is 17.9 Å². The van der Waals surface area contributed by atoms with Crippen LogP contribution in [0.25, 0.3) is 0 Å². The number of anilines is 1. The largest absolute Gasteiger partial charge is 0.312 e. The van der Waals surface area contributed by atoms with E-state index in [4.69, 9.17) is 23.2 Å². The van der Waals surface area contributed by atoms with E-state index in [-0.39, 0.29) is 17.9 Å². The molecule has 0 aliphatic rings. The van der Waals surface area contributed by atoms with Crippen molar-refractivity contribution < 1.29 is 9.72 Å². The zero-order chi connectivity index (χ0) is 21.3. The van der Waals surface area contributed by atoms with E-state index < -0.39 is 10.8 Å². The number of aryl methyl sites for hydroxylation is 1. The maximum atomic E-state index is 12.4. The first-order valence-electron chi connectivity index (χ1n) is 8.31. The van der Waals surface area contributed by atoms with Gasteiger partial charge in [-0.3, -0.25) is 24.3 Å². The molecule has 0 unspecified atom stereocenters. The van der Waals surface area contributed by atoms with E-state index in [9.17, 15) is 14.9 Å². The van der Waals surface area contributed by atoms with Gasteiger partial charge in [0.05, 0.1) is 26.0 Å². The number of carbonyl (C=O) groups excluding carboxylic acids is 1. The van der Waals surface area contributed by atoms with Crippen LogP contribution in [0.5, 0.6) is 0 Å². The fourth-order valence-corrected chi connectivity index (χ4v) is 3.54. The lowest BCUT2D eigenvalue weighted by Crippen LogP contribution is -2.21. The Balaban J connectivity index is 1.71. The van der Waals surface area contributed by atoms with Crippen LogP contribution in [0.2, 0.25) is 10.0 Å². The van der Waals surface area contributed by atoms with Gasteiger partial charge in [-0.05, 0) is 47.5 Å². The summed E-state index contributed by atoms with van der Waals surface area (Å²) in [5, 5.41) is 23.1. The molecule has 3 rings (SSSR count). The third-order valence-electron chi connectivity index (χ3n) is 4.12. The SMILES string of the molecule is Cc1nn(CC(=O)Nc2nn(Cc3ccc(Cl)c(Cl)c3)cc2Br)c(C)c1[N+](=O)[O-]. The van der Waals surface area contributed by atoms with Crippen molar-refractivity contribution in [3.63, 3.8) is 0 Å². The molecule has 2 aromatic heterocycles. The van der Waals surface area contributed by atoms with Gasteiger partial charge in [0, 0.05) is 6.20 Å². The third kappa shape index (κ3) is 4.77. The third-order valence-corrected chi connectivity index (χ3v) is 5.44. The number of carbonyl (C=O) groups is 1. The normalized spacial score (nSPS) is 10.9. The number of nitro groups is 1. The number of rotatable bonds is 6. The lowest BCUT2D eigenvalue weighted by atomic mass is 10.2. The monoisotopic (exact) mass is 500 g/mol. The van der Waals surface area contributed by atoms with E-state index in [1.165, 1.54) is 11.6 Å². The first kappa shape index (κ1) is 21.3. The molecular weight excluding hydrogens is 487 g/mol. The van der Waals surface area contributed by atoms with Gasteiger partial charge in [-0.25, -0.2) is 0 Å². The van der Waals surface area contributed by atoms with Crippen LogP contribution < -0.4 is 5.32 Å². The highest BCUT2D eigenvalue weighted by atomic mass is 79.9. The van der Waals surface area contributed by atoms with Gasteiger partial charge in [-0.15, -0.1) is 0 Å². The maximum Gasteiger partial charge on any atom is 0.312 e. The number of amides is 1. The van der Waals surface area contributed by atoms with Crippen molar-refractivity contribution in [3.05, 3.63) is 66.0 Å². The van der Waals surface area contributed by atoms with Crippen molar-refractivity contribution >= 4 is 56.5 Å². The Hall–Kier alpha value is -2.43. The molecule has 1 amide bonds. The molecule has 9 nitrogen and oxygen atoms in total. The van der Waals surface area contributed by atoms with Crippen molar-refractivity contribution in [3.8, 4) is 0 Å². The summed E-state index contributed by atoms with van der Waals surface area (Å²) in [4.78, 5) is 23.0. The molecule has 0 aliphatic carbocycles. The van der Waals surface area contributed by atoms with Crippen LogP contribution in [0.4, 0.5) is 11.5 Å². The highest BCUT2D eigenvalue weighted by Crippen LogP contribution is 2.25. The van der Waals surface area contributed by atoms with Crippen molar-refractivity contribution in [2.24, 2.45) is 0 Å². The Bertz CT molecular complexity index is 1110. The van der Waals surface area contributed by atoms with Gasteiger partial charge in [0.15, 0.2) is 5.82 Å². The number of aromatic nitrogens is 4. The summed E-state index contributed by atoms with van der Waals surface area (Å²) in [5.41, 5.74) is 1.37. The second-order valence-electron chi connectivity index (χ2n) is 6.25. The van der Waals surface area contributed by atoms with Crippen LogP contribution in [0, 0.1) is 24.0 Å². The van der Waals surface area contributed by atoms with Gasteiger partial charge in [0.2, 0.25) is 5.91 Å². The van der Waals surface area contributed by atoms with Crippen LogP contribution in [-0.4, -0.2) is 30.4 Å². The highest BCUT2D eigenvalue weighted by Gasteiger charge is 2.23. The summed E-state index contributed by atoms with van der Waals surface area (Å²) in [6.45, 7) is 3.33. The average molecular weight is 502 g/mol. The van der Waals surface area contributed by atoms with E-state index in [2.05, 4.69) is 31.4 Å². The summed E-state index contributed by atoms with van der Waals surface area (Å²) in [5.74, 6) is -0.0860. The van der Waals surface area contributed by atoms with Crippen LogP contribution >= 0.6 is 39.1 Å². The number of nitrogens with one attached hydrogen (secondary N) is 1. The molecule has 152 valence electrons. The lowest BCUT2D eigenvalue weighted by Gasteiger charge is -2.05. The Morgan fingerprint density at radius 3 is 2.62 bits per heavy atom. The fourth-order valence-electron chi connectivity index (χ4n) is 2.80. The molecule has 2 heterocycles. The fraction of sp³-hybridized carbons (Fsp3) is 0.235. The lowest BCUT2D eigenvalue weighted by molar-refractivity contribution is -0.386. The van der Waals surface area contributed by atoms with Crippen LogP contribution in [0.15, 0.2) is 28.9 Å². The van der Waals surface area contributed by atoms with Crippen molar-refractivity contribution in [2.45, 2.75) is 26.9 Å². The summed E-state index contributed by atoms with van der Waals surface area (Å²) in [7, 11) is 0. The first-order valence-corrected chi connectivity index (χ1v) is 9.85. The van der Waals surface area contributed by atoms with E-state index in [0.717, 1.165) is 5.56 Å². The molecule has 0 bridgehead atoms. The van der Waals surface area contributed by atoms with E-state index in [1.54, 1.807) is 29.9 Å². The molecular formula is C17H15BrCl2N6O3. The number of halogens is 3. The van der Waals surface area contributed by atoms with Gasteiger partial charge in [-0.2, -0.15) is 10.2 Å². The number of nitrogens with zero attached hydrogens (tertiary/aromatic N) is 5. The molecule has 1 aromatic carbocycles. The zero-order valence-electron chi connectivity index (χ0n) is 15.3. The second-order valence-corrected chi connectivity index (χ2v) is 7.92. The molecule has 0 radical (unpaired) electrons. The minimum atomic E-state index is -0.507. The molecule has 3 aromatic rings. The van der Waals surface area contributed by atoms with Crippen LogP contribution in [0.3, 0.4) is 0 Å². The summed E-state index contributed by atoms with van der Waals surface area (Å²) < 4.78 is 3.52. The highest BCUT2D eigenvalue weighted by molar-refractivity contribution is 9.10. The van der Waals surface area contributed by atoms with Crippen LogP contribution in [0.1, 0.15) is 17.0 Å². The Labute approximate surface area is 183 Å². The van der Waals surface area contributed by atoms with Gasteiger partial charge in [0.1, 0.15) is 17.9 Å². The quantitative estimate of drug-likeness (QED) is 0.398. The van der Waals surface area contributed by atoms with Crippen molar-refractivity contribution in [2.75, 3.05) is 5.32 Å². The maximum absolute atomic E-state index is 12.4. The molecule has 0 saturated carbocycles. The summed E-state index contributed by atoms with van der Waals surface area (Å²) in [6.07, 6.45) is 1.71. The van der Waals surface area contributed by atoms with Gasteiger partial charge in [-0.1, -0.05) is 29.3 Å². The van der Waals surface area contributed by atoms with Gasteiger partial charge < -0.3 is 5.32 Å². The standard InChI is InChI=1S/C17H15BrCl2N6O3/c1-9-16(26(28)29)10(2)25(22-9)8-15(27)21-17-12(18)7-24(23-17)6-11-3-4-13(19)14(20)5-11/h3-5,7H,6,8H2,1-2H3,(H,21,23,27). The number of benzene rings is 1. The van der Waals surface area contributed by atoms with Gasteiger partial charge in [0.25, 0.3) is 0 Å². The molecule has 0 atom stereocenters. The molecule has 0 aliphatic heterocycles. The van der Waals surface area contributed by atoms with E-state index >= 15 is 0 Å². The number of hydrogen-bond acceptors (Lipinski definition) is 5. The zero-order valence-corrected chi connectivity index (χ0v) is 18.4. The molecule has 1 N–H and O–H groups in total. The smallest absolute Gasteiger partial charge is 0.307 e. The first-order chi connectivity index (χ1) is 13.7.